The van der Waals surface area contributed by atoms with Gasteiger partial charge in [-0.05, 0) is 50.0 Å². The number of carbonyl (C=O) groups is 1. The molecule has 0 bridgehead atoms. The molecule has 1 aromatic rings. The van der Waals surface area contributed by atoms with E-state index in [1.807, 2.05) is 31.3 Å². The Hall–Kier alpha value is -1.34. The van der Waals surface area contributed by atoms with E-state index in [9.17, 15) is 4.79 Å². The zero-order valence-corrected chi connectivity index (χ0v) is 15.8. The smallest absolute Gasteiger partial charge is 0.229 e. The second-order valence-electron chi connectivity index (χ2n) is 6.73. The number of nitrogens with one attached hydrogen (secondary N) is 3. The summed E-state index contributed by atoms with van der Waals surface area (Å²) in [4.78, 5) is 15.1. The van der Waals surface area contributed by atoms with Crippen molar-refractivity contribution in [3.63, 3.8) is 0 Å². The van der Waals surface area contributed by atoms with Crippen LogP contribution in [0.2, 0.25) is 0 Å². The first kappa shape index (κ1) is 20.0. The van der Waals surface area contributed by atoms with Gasteiger partial charge in [0.25, 0.3) is 0 Å². The molecule has 6 nitrogen and oxygen atoms in total. The molecule has 3 N–H and O–H groups in total. The summed E-state index contributed by atoms with van der Waals surface area (Å²) in [6, 6.07) is 7.96. The Bertz CT molecular complexity index is 553. The largest absolute Gasteiger partial charge is 0.497 e. The maximum atomic E-state index is 13.1. The molecule has 2 fully saturated rings. The van der Waals surface area contributed by atoms with Crippen LogP contribution in [0.1, 0.15) is 24.4 Å². The number of amides is 1. The summed E-state index contributed by atoms with van der Waals surface area (Å²) in [7, 11) is 3.64. The maximum Gasteiger partial charge on any atom is 0.229 e. The third-order valence-corrected chi connectivity index (χ3v) is 5.10. The lowest BCUT2D eigenvalue weighted by Crippen LogP contribution is -2.46. The van der Waals surface area contributed by atoms with Crippen molar-refractivity contribution in [1.29, 1.82) is 0 Å². The maximum absolute atomic E-state index is 13.1. The van der Waals surface area contributed by atoms with Crippen LogP contribution in [0.3, 0.4) is 0 Å². The minimum atomic E-state index is -0.0632. The van der Waals surface area contributed by atoms with Crippen molar-refractivity contribution in [2.24, 2.45) is 11.8 Å². The first-order valence-corrected chi connectivity index (χ1v) is 8.78. The van der Waals surface area contributed by atoms with E-state index in [2.05, 4.69) is 21.1 Å². The van der Waals surface area contributed by atoms with Crippen molar-refractivity contribution in [3.8, 4) is 5.75 Å². The zero-order chi connectivity index (χ0) is 16.9. The highest BCUT2D eigenvalue weighted by Crippen LogP contribution is 2.29. The normalized spacial score (nSPS) is 26.2. The Morgan fingerprint density at radius 1 is 1.36 bits per heavy atom. The number of piperidine rings is 1. The fourth-order valence-corrected chi connectivity index (χ4v) is 3.81. The van der Waals surface area contributed by atoms with E-state index in [-0.39, 0.29) is 30.3 Å². The van der Waals surface area contributed by atoms with Crippen LogP contribution in [0.4, 0.5) is 0 Å². The van der Waals surface area contributed by atoms with Gasteiger partial charge in [0, 0.05) is 19.6 Å². The number of halogens is 1. The monoisotopic (exact) mass is 368 g/mol. The predicted octanol–water partition coefficient (Wildman–Crippen LogP) is 1.34. The number of likely N-dealkylation sites (tertiary alicyclic amines) is 1. The second kappa shape index (κ2) is 9.38. The number of hydrazine groups is 1. The number of ether oxygens (including phenoxy) is 1. The molecule has 1 amide bonds. The van der Waals surface area contributed by atoms with Crippen molar-refractivity contribution in [3.05, 3.63) is 29.8 Å². The summed E-state index contributed by atoms with van der Waals surface area (Å²) in [6.45, 7) is 3.39. The van der Waals surface area contributed by atoms with Gasteiger partial charge >= 0.3 is 0 Å². The Morgan fingerprint density at radius 2 is 2.12 bits per heavy atom. The predicted molar refractivity (Wildman–Crippen MR) is 101 cm³/mol. The molecule has 7 heteroatoms. The van der Waals surface area contributed by atoms with Gasteiger partial charge in [0.15, 0.2) is 0 Å². The summed E-state index contributed by atoms with van der Waals surface area (Å²) in [6.07, 6.45) is 2.30. The van der Waals surface area contributed by atoms with Crippen LogP contribution in [0.25, 0.3) is 0 Å². The molecule has 1 aromatic carbocycles. The fourth-order valence-electron chi connectivity index (χ4n) is 3.81. The highest BCUT2D eigenvalue weighted by molar-refractivity contribution is 5.85. The molecule has 140 valence electrons. The van der Waals surface area contributed by atoms with Gasteiger partial charge in [-0.25, -0.2) is 5.43 Å². The quantitative estimate of drug-likeness (QED) is 0.732. The second-order valence-corrected chi connectivity index (χ2v) is 6.73. The molecular weight excluding hydrogens is 340 g/mol. The summed E-state index contributed by atoms with van der Waals surface area (Å²) < 4.78 is 5.22. The standard InChI is InChI=1S/C18H28N4O2.ClH/c1-19-10-13-4-3-9-22(12-13)18(23)16-11-20-21-17(16)14-5-7-15(24-2)8-6-14;/h5-8,13,16-17,19-21H,3-4,9-12H2,1-2H3;1H. The van der Waals surface area contributed by atoms with Crippen molar-refractivity contribution < 1.29 is 9.53 Å². The highest BCUT2D eigenvalue weighted by Gasteiger charge is 2.37. The van der Waals surface area contributed by atoms with E-state index in [1.165, 1.54) is 6.42 Å². The van der Waals surface area contributed by atoms with Crippen molar-refractivity contribution >= 4 is 18.3 Å². The van der Waals surface area contributed by atoms with Crippen LogP contribution in [-0.4, -0.2) is 51.1 Å². The highest BCUT2D eigenvalue weighted by atomic mass is 35.5. The SMILES string of the molecule is CNCC1CCCN(C(=O)C2CNNC2c2ccc(OC)cc2)C1.Cl. The minimum Gasteiger partial charge on any atom is -0.497 e. The minimum absolute atomic E-state index is 0. The molecular formula is C18H29ClN4O2. The number of hydrogen-bond donors (Lipinski definition) is 3. The number of methoxy groups -OCH3 is 1. The summed E-state index contributed by atoms with van der Waals surface area (Å²) in [5.41, 5.74) is 7.54. The number of rotatable bonds is 5. The lowest BCUT2D eigenvalue weighted by Gasteiger charge is -2.35. The molecule has 2 heterocycles. The van der Waals surface area contributed by atoms with Gasteiger partial charge in [-0.3, -0.25) is 10.2 Å². The third kappa shape index (κ3) is 4.64. The molecule has 2 aliphatic rings. The van der Waals surface area contributed by atoms with Gasteiger partial charge in [-0.1, -0.05) is 12.1 Å². The molecule has 0 radical (unpaired) electrons. The van der Waals surface area contributed by atoms with Crippen molar-refractivity contribution in [2.75, 3.05) is 40.3 Å². The molecule has 2 saturated heterocycles. The molecule has 0 aromatic heterocycles. The van der Waals surface area contributed by atoms with Gasteiger partial charge < -0.3 is 15.0 Å². The summed E-state index contributed by atoms with van der Waals surface area (Å²) >= 11 is 0. The van der Waals surface area contributed by atoms with Gasteiger partial charge in [0.1, 0.15) is 5.75 Å². The Morgan fingerprint density at radius 3 is 2.80 bits per heavy atom. The molecule has 3 atom stereocenters. The van der Waals surface area contributed by atoms with Crippen LogP contribution in [0, 0.1) is 11.8 Å². The molecule has 3 rings (SSSR count). The first-order chi connectivity index (χ1) is 11.7. The first-order valence-electron chi connectivity index (χ1n) is 8.78. The van der Waals surface area contributed by atoms with Crippen molar-refractivity contribution in [1.82, 2.24) is 21.1 Å². The number of hydrogen-bond acceptors (Lipinski definition) is 5. The van der Waals surface area contributed by atoms with Gasteiger partial charge in [-0.15, -0.1) is 12.4 Å². The van der Waals surface area contributed by atoms with Crippen LogP contribution in [0.15, 0.2) is 24.3 Å². The van der Waals surface area contributed by atoms with E-state index >= 15 is 0 Å². The summed E-state index contributed by atoms with van der Waals surface area (Å²) in [5, 5.41) is 3.24. The Labute approximate surface area is 156 Å². The molecule has 0 aliphatic carbocycles. The number of benzene rings is 1. The number of nitrogens with zero attached hydrogens (tertiary/aromatic N) is 1. The van der Waals surface area contributed by atoms with Gasteiger partial charge in [-0.2, -0.15) is 0 Å². The van der Waals surface area contributed by atoms with Gasteiger partial charge in [0.05, 0.1) is 19.1 Å². The Kier molecular flexibility index (Phi) is 7.50. The third-order valence-electron chi connectivity index (χ3n) is 5.10. The van der Waals surface area contributed by atoms with E-state index in [0.717, 1.165) is 37.4 Å². The molecule has 0 spiro atoms. The van der Waals surface area contributed by atoms with E-state index in [4.69, 9.17) is 4.74 Å². The number of carbonyl (C=O) groups excluding carboxylic acids is 1. The van der Waals surface area contributed by atoms with E-state index in [0.29, 0.717) is 12.5 Å². The average Bonchev–Trinajstić information content (AvgIpc) is 3.11. The topological polar surface area (TPSA) is 65.6 Å². The zero-order valence-electron chi connectivity index (χ0n) is 15.0. The van der Waals surface area contributed by atoms with Crippen molar-refractivity contribution in [2.45, 2.75) is 18.9 Å². The molecule has 3 unspecified atom stereocenters. The van der Waals surface area contributed by atoms with Crippen LogP contribution in [0.5, 0.6) is 5.75 Å². The van der Waals surface area contributed by atoms with E-state index in [1.54, 1.807) is 7.11 Å². The molecule has 2 aliphatic heterocycles. The lowest BCUT2D eigenvalue weighted by atomic mass is 9.91. The molecule has 0 saturated carbocycles. The Balaban J connectivity index is 0.00000225. The van der Waals surface area contributed by atoms with Gasteiger partial charge in [0.2, 0.25) is 5.91 Å². The summed E-state index contributed by atoms with van der Waals surface area (Å²) in [5.74, 6) is 1.59. The average molecular weight is 369 g/mol. The lowest BCUT2D eigenvalue weighted by molar-refractivity contribution is -0.137. The van der Waals surface area contributed by atoms with Crippen LogP contribution in [-0.2, 0) is 4.79 Å². The van der Waals surface area contributed by atoms with E-state index < -0.39 is 0 Å². The molecule has 25 heavy (non-hydrogen) atoms. The fraction of sp³-hybridized carbons (Fsp3) is 0.611. The van der Waals surface area contributed by atoms with Crippen LogP contribution >= 0.6 is 12.4 Å². The van der Waals surface area contributed by atoms with Crippen LogP contribution < -0.4 is 20.9 Å².